The van der Waals surface area contributed by atoms with Gasteiger partial charge in [-0.15, -0.1) is 0 Å². The molecule has 0 aliphatic carbocycles. The molecule has 0 saturated carbocycles. The Morgan fingerprint density at radius 3 is 2.79 bits per heavy atom. The van der Waals surface area contributed by atoms with E-state index in [1.807, 2.05) is 47.0 Å². The number of hydrogen-bond donors (Lipinski definition) is 0. The second-order valence-corrected chi connectivity index (χ2v) is 7.64. The summed E-state index contributed by atoms with van der Waals surface area (Å²) in [5.41, 5.74) is 2.60. The first-order valence-corrected chi connectivity index (χ1v) is 9.59. The van der Waals surface area contributed by atoms with Crippen molar-refractivity contribution in [3.8, 4) is 6.07 Å². The Kier molecular flexibility index (Phi) is 4.01. The molecular weight excluding hydrogens is 352 g/mol. The standard InChI is InChI=1S/C22H20N4O2/c23-11-18-22(28-20(24-18)10-15-5-2-1-3-6-15)25-12-16-9-17(14-25)19-7-4-8-21(27)26(19)13-16/h1-8,16-17H,9-10,12-14H2/t16-,17-/m0/s1. The van der Waals surface area contributed by atoms with Gasteiger partial charge in [0.2, 0.25) is 17.5 Å². The van der Waals surface area contributed by atoms with Crippen LogP contribution in [-0.4, -0.2) is 22.6 Å². The summed E-state index contributed by atoms with van der Waals surface area (Å²) in [6.07, 6.45) is 1.63. The third-order valence-corrected chi connectivity index (χ3v) is 5.72. The lowest BCUT2D eigenvalue weighted by atomic mass is 9.83. The van der Waals surface area contributed by atoms with Crippen molar-refractivity contribution in [3.63, 3.8) is 0 Å². The van der Waals surface area contributed by atoms with Crippen LogP contribution in [0.25, 0.3) is 0 Å². The molecule has 0 N–H and O–H groups in total. The van der Waals surface area contributed by atoms with E-state index in [2.05, 4.69) is 16.0 Å². The van der Waals surface area contributed by atoms with E-state index < -0.39 is 0 Å². The zero-order valence-corrected chi connectivity index (χ0v) is 15.4. The van der Waals surface area contributed by atoms with Crippen molar-refractivity contribution < 1.29 is 4.42 Å². The number of piperidine rings is 1. The quantitative estimate of drug-likeness (QED) is 0.707. The van der Waals surface area contributed by atoms with Gasteiger partial charge in [-0.3, -0.25) is 4.79 Å². The Labute approximate surface area is 162 Å². The summed E-state index contributed by atoms with van der Waals surface area (Å²) in [4.78, 5) is 18.8. The highest BCUT2D eigenvalue weighted by molar-refractivity contribution is 5.49. The Bertz CT molecular complexity index is 1110. The third kappa shape index (κ3) is 2.89. The topological polar surface area (TPSA) is 75.1 Å². The Hall–Kier alpha value is -3.33. The van der Waals surface area contributed by atoms with Crippen molar-refractivity contribution in [1.82, 2.24) is 9.55 Å². The molecule has 0 amide bonds. The summed E-state index contributed by atoms with van der Waals surface area (Å²) in [5, 5.41) is 9.58. The molecule has 6 nitrogen and oxygen atoms in total. The molecule has 2 aliphatic heterocycles. The van der Waals surface area contributed by atoms with Crippen molar-refractivity contribution in [2.45, 2.75) is 25.3 Å². The molecule has 4 heterocycles. The van der Waals surface area contributed by atoms with Crippen molar-refractivity contribution in [1.29, 1.82) is 5.26 Å². The summed E-state index contributed by atoms with van der Waals surface area (Å²) in [6.45, 7) is 2.22. The first-order chi connectivity index (χ1) is 13.7. The molecule has 2 bridgehead atoms. The van der Waals surface area contributed by atoms with E-state index in [1.165, 1.54) is 0 Å². The van der Waals surface area contributed by atoms with Gasteiger partial charge in [0.05, 0.1) is 0 Å². The molecular formula is C22H20N4O2. The van der Waals surface area contributed by atoms with E-state index in [4.69, 9.17) is 4.42 Å². The summed E-state index contributed by atoms with van der Waals surface area (Å²) in [6, 6.07) is 17.7. The second-order valence-electron chi connectivity index (χ2n) is 7.64. The van der Waals surface area contributed by atoms with Crippen molar-refractivity contribution in [2.75, 3.05) is 18.0 Å². The van der Waals surface area contributed by atoms with Gasteiger partial charge in [0, 0.05) is 43.7 Å². The van der Waals surface area contributed by atoms with Crippen LogP contribution in [0.4, 0.5) is 5.88 Å². The maximum Gasteiger partial charge on any atom is 0.250 e. The fourth-order valence-electron chi connectivity index (χ4n) is 4.55. The lowest BCUT2D eigenvalue weighted by Crippen LogP contribution is -2.47. The molecule has 5 rings (SSSR count). The SMILES string of the molecule is N#Cc1nc(Cc2ccccc2)oc1N1C[C@@H]2C[C@@H](C1)c1cccc(=O)n1C2. The number of pyridine rings is 1. The van der Waals surface area contributed by atoms with Crippen LogP contribution < -0.4 is 10.5 Å². The smallest absolute Gasteiger partial charge is 0.250 e. The van der Waals surface area contributed by atoms with Crippen LogP contribution in [0.5, 0.6) is 0 Å². The average molecular weight is 372 g/mol. The number of nitriles is 1. The molecule has 28 heavy (non-hydrogen) atoms. The van der Waals surface area contributed by atoms with E-state index in [0.29, 0.717) is 29.8 Å². The molecule has 2 aliphatic rings. The maximum absolute atomic E-state index is 12.2. The molecule has 1 aromatic carbocycles. The lowest BCUT2D eigenvalue weighted by molar-refractivity contribution is 0.274. The zero-order valence-electron chi connectivity index (χ0n) is 15.4. The van der Waals surface area contributed by atoms with E-state index in [-0.39, 0.29) is 11.5 Å². The summed E-state index contributed by atoms with van der Waals surface area (Å²) < 4.78 is 7.96. The molecule has 0 unspecified atom stereocenters. The van der Waals surface area contributed by atoms with Gasteiger partial charge in [-0.25, -0.2) is 4.98 Å². The summed E-state index contributed by atoms with van der Waals surface area (Å²) in [7, 11) is 0. The van der Waals surface area contributed by atoms with E-state index >= 15 is 0 Å². The minimum absolute atomic E-state index is 0.0724. The maximum atomic E-state index is 12.2. The zero-order chi connectivity index (χ0) is 19.1. The van der Waals surface area contributed by atoms with Gasteiger partial charge >= 0.3 is 0 Å². The van der Waals surface area contributed by atoms with Crippen LogP contribution in [-0.2, 0) is 13.0 Å². The predicted molar refractivity (Wildman–Crippen MR) is 104 cm³/mol. The Morgan fingerprint density at radius 1 is 1.11 bits per heavy atom. The predicted octanol–water partition coefficient (Wildman–Crippen LogP) is 2.92. The minimum atomic E-state index is 0.0724. The summed E-state index contributed by atoms with van der Waals surface area (Å²) >= 11 is 0. The number of aromatic nitrogens is 2. The molecule has 2 atom stereocenters. The van der Waals surface area contributed by atoms with Crippen molar-refractivity contribution in [2.24, 2.45) is 5.92 Å². The van der Waals surface area contributed by atoms with Gasteiger partial charge in [0.25, 0.3) is 5.56 Å². The van der Waals surface area contributed by atoms with Gasteiger partial charge in [0.1, 0.15) is 6.07 Å². The van der Waals surface area contributed by atoms with Gasteiger partial charge in [0.15, 0.2) is 0 Å². The molecule has 3 aromatic rings. The molecule has 0 radical (unpaired) electrons. The first kappa shape index (κ1) is 16.8. The molecule has 1 fully saturated rings. The van der Waals surface area contributed by atoms with Crippen molar-refractivity contribution in [3.05, 3.63) is 81.7 Å². The minimum Gasteiger partial charge on any atom is -0.423 e. The van der Waals surface area contributed by atoms with E-state index in [9.17, 15) is 10.1 Å². The largest absolute Gasteiger partial charge is 0.423 e. The van der Waals surface area contributed by atoms with Gasteiger partial charge in [-0.05, 0) is 24.0 Å². The Balaban J connectivity index is 1.44. The van der Waals surface area contributed by atoms with Crippen LogP contribution in [0.1, 0.15) is 35.2 Å². The highest BCUT2D eigenvalue weighted by Gasteiger charge is 2.36. The number of fused-ring (bicyclic) bond motifs is 4. The summed E-state index contributed by atoms with van der Waals surface area (Å²) in [5.74, 6) is 1.75. The van der Waals surface area contributed by atoms with Gasteiger partial charge < -0.3 is 13.9 Å². The van der Waals surface area contributed by atoms with Crippen LogP contribution in [0, 0.1) is 17.2 Å². The molecule has 140 valence electrons. The fourth-order valence-corrected chi connectivity index (χ4v) is 4.55. The number of hydrogen-bond acceptors (Lipinski definition) is 5. The van der Waals surface area contributed by atoms with E-state index in [1.54, 1.807) is 6.07 Å². The second kappa shape index (κ2) is 6.68. The van der Waals surface area contributed by atoms with Gasteiger partial charge in [-0.1, -0.05) is 36.4 Å². The Morgan fingerprint density at radius 2 is 1.96 bits per heavy atom. The van der Waals surface area contributed by atoms with Crippen LogP contribution >= 0.6 is 0 Å². The number of benzene rings is 1. The molecule has 0 spiro atoms. The molecule has 6 heteroatoms. The molecule has 2 aromatic heterocycles. The highest BCUT2D eigenvalue weighted by Crippen LogP contribution is 2.38. The van der Waals surface area contributed by atoms with Crippen LogP contribution in [0.2, 0.25) is 0 Å². The van der Waals surface area contributed by atoms with E-state index in [0.717, 1.165) is 37.3 Å². The monoisotopic (exact) mass is 372 g/mol. The number of rotatable bonds is 3. The highest BCUT2D eigenvalue weighted by atomic mass is 16.4. The average Bonchev–Trinajstić information content (AvgIpc) is 3.12. The number of nitrogens with zero attached hydrogens (tertiary/aromatic N) is 4. The molecule has 1 saturated heterocycles. The van der Waals surface area contributed by atoms with Crippen LogP contribution in [0.3, 0.4) is 0 Å². The first-order valence-electron chi connectivity index (χ1n) is 9.59. The van der Waals surface area contributed by atoms with Gasteiger partial charge in [-0.2, -0.15) is 5.26 Å². The number of oxazole rings is 1. The van der Waals surface area contributed by atoms with Crippen LogP contribution in [0.15, 0.2) is 57.7 Å². The fraction of sp³-hybridized carbons (Fsp3) is 0.318. The third-order valence-electron chi connectivity index (χ3n) is 5.72. The number of anilines is 1. The normalized spacial score (nSPS) is 20.5. The van der Waals surface area contributed by atoms with Crippen molar-refractivity contribution >= 4 is 5.88 Å². The lowest BCUT2D eigenvalue weighted by Gasteiger charge is -2.42.